The number of hydroxylamine groups is 2. The van der Waals surface area contributed by atoms with E-state index in [1.807, 2.05) is 0 Å². The number of piperidine rings is 1. The second kappa shape index (κ2) is 7.50. The van der Waals surface area contributed by atoms with Crippen LogP contribution in [0.4, 0.5) is 0 Å². The van der Waals surface area contributed by atoms with E-state index in [4.69, 9.17) is 21.2 Å². The maximum atomic E-state index is 12.7. The number of carbonyl (C=O) groups excluding carboxylic acids is 2. The molecular weight excluding hydrogens is 358 g/mol. The minimum atomic E-state index is -0.470. The number of halogens is 1. The van der Waals surface area contributed by atoms with Crippen LogP contribution < -0.4 is 0 Å². The number of likely N-dealkylation sites (tertiary alicyclic amines) is 1. The van der Waals surface area contributed by atoms with Crippen molar-refractivity contribution in [3.8, 4) is 0 Å². The van der Waals surface area contributed by atoms with Crippen LogP contribution in [-0.2, 0) is 14.4 Å². The van der Waals surface area contributed by atoms with E-state index in [2.05, 4.69) is 4.98 Å². The zero-order valence-electron chi connectivity index (χ0n) is 14.5. The molecule has 0 saturated carbocycles. The van der Waals surface area contributed by atoms with Crippen molar-refractivity contribution >= 4 is 23.4 Å². The maximum absolute atomic E-state index is 12.7. The van der Waals surface area contributed by atoms with Gasteiger partial charge in [-0.3, -0.25) is 14.4 Å². The van der Waals surface area contributed by atoms with Gasteiger partial charge in [-0.15, -0.1) is 0 Å². The SMILES string of the molecule is O=C(c1cccc(Cl)n1)N1CC[C@H]2C[C@@H](C(=O)N3CCCCO3)O[C@@H]2C1. The third kappa shape index (κ3) is 3.56. The van der Waals surface area contributed by atoms with Gasteiger partial charge in [-0.25, -0.2) is 10.0 Å². The molecule has 1 aromatic rings. The fraction of sp³-hybridized carbons (Fsp3) is 0.611. The van der Waals surface area contributed by atoms with Crippen molar-refractivity contribution in [3.63, 3.8) is 0 Å². The van der Waals surface area contributed by atoms with Gasteiger partial charge in [0, 0.05) is 19.6 Å². The fourth-order valence-electron chi connectivity index (χ4n) is 3.89. The average molecular weight is 380 g/mol. The lowest BCUT2D eigenvalue weighted by molar-refractivity contribution is -0.206. The molecule has 2 amide bonds. The Morgan fingerprint density at radius 1 is 1.23 bits per heavy atom. The number of carbonyl (C=O) groups is 2. The van der Waals surface area contributed by atoms with Crippen LogP contribution in [0.15, 0.2) is 18.2 Å². The van der Waals surface area contributed by atoms with Gasteiger partial charge in [-0.1, -0.05) is 17.7 Å². The Bertz CT molecular complexity index is 695. The largest absolute Gasteiger partial charge is 0.363 e. The molecule has 3 aliphatic heterocycles. The standard InChI is InChI=1S/C18H22ClN3O4/c19-16-5-3-4-13(20-16)17(23)21-8-6-12-10-14(26-15(12)11-21)18(24)22-7-1-2-9-25-22/h3-5,12,14-15H,1-2,6-11H2/t12-,14-,15+/m0/s1. The van der Waals surface area contributed by atoms with Crippen LogP contribution in [-0.4, -0.2) is 65.2 Å². The Morgan fingerprint density at radius 2 is 2.12 bits per heavy atom. The van der Waals surface area contributed by atoms with Gasteiger partial charge < -0.3 is 9.64 Å². The molecule has 0 radical (unpaired) electrons. The molecule has 3 aliphatic rings. The molecule has 3 fully saturated rings. The van der Waals surface area contributed by atoms with Crippen molar-refractivity contribution in [2.45, 2.75) is 37.9 Å². The highest BCUT2D eigenvalue weighted by molar-refractivity contribution is 6.29. The van der Waals surface area contributed by atoms with Gasteiger partial charge in [0.05, 0.1) is 12.7 Å². The molecule has 26 heavy (non-hydrogen) atoms. The summed E-state index contributed by atoms with van der Waals surface area (Å²) in [5.74, 6) is 0.0577. The summed E-state index contributed by atoms with van der Waals surface area (Å²) >= 11 is 5.88. The van der Waals surface area contributed by atoms with Gasteiger partial charge in [0.1, 0.15) is 17.0 Å². The molecule has 0 N–H and O–H groups in total. The number of ether oxygens (including phenoxy) is 1. The lowest BCUT2D eigenvalue weighted by atomic mass is 9.91. The summed E-state index contributed by atoms with van der Waals surface area (Å²) in [7, 11) is 0. The van der Waals surface area contributed by atoms with Crippen molar-refractivity contribution in [2.75, 3.05) is 26.2 Å². The topological polar surface area (TPSA) is 72.0 Å². The predicted molar refractivity (Wildman–Crippen MR) is 93.4 cm³/mol. The number of pyridine rings is 1. The van der Waals surface area contributed by atoms with Crippen molar-refractivity contribution in [2.24, 2.45) is 5.92 Å². The molecule has 1 aromatic heterocycles. The Hall–Kier alpha value is -1.70. The van der Waals surface area contributed by atoms with Gasteiger partial charge in [0.15, 0.2) is 0 Å². The Morgan fingerprint density at radius 3 is 2.88 bits per heavy atom. The molecule has 7 nitrogen and oxygen atoms in total. The minimum absolute atomic E-state index is 0.0894. The van der Waals surface area contributed by atoms with Crippen LogP contribution in [0.25, 0.3) is 0 Å². The summed E-state index contributed by atoms with van der Waals surface area (Å²) in [6.07, 6.45) is 2.87. The highest BCUT2D eigenvalue weighted by Gasteiger charge is 2.44. The summed E-state index contributed by atoms with van der Waals surface area (Å²) < 4.78 is 6.01. The molecule has 0 bridgehead atoms. The summed E-state index contributed by atoms with van der Waals surface area (Å²) in [6.45, 7) is 2.32. The smallest absolute Gasteiger partial charge is 0.275 e. The van der Waals surface area contributed by atoms with Gasteiger partial charge in [-0.2, -0.15) is 0 Å². The first-order valence-corrected chi connectivity index (χ1v) is 9.51. The van der Waals surface area contributed by atoms with E-state index in [0.717, 1.165) is 19.3 Å². The monoisotopic (exact) mass is 379 g/mol. The zero-order valence-corrected chi connectivity index (χ0v) is 15.2. The molecule has 0 unspecified atom stereocenters. The van der Waals surface area contributed by atoms with Crippen LogP contribution in [0.3, 0.4) is 0 Å². The molecule has 3 saturated heterocycles. The molecule has 8 heteroatoms. The van der Waals surface area contributed by atoms with Crippen LogP contribution >= 0.6 is 11.6 Å². The average Bonchev–Trinajstić information content (AvgIpc) is 3.10. The summed E-state index contributed by atoms with van der Waals surface area (Å²) in [5, 5.41) is 1.75. The molecule has 0 aliphatic carbocycles. The van der Waals surface area contributed by atoms with Crippen LogP contribution in [0.5, 0.6) is 0 Å². The summed E-state index contributed by atoms with van der Waals surface area (Å²) in [4.78, 5) is 36.5. The summed E-state index contributed by atoms with van der Waals surface area (Å²) in [5.41, 5.74) is 0.336. The van der Waals surface area contributed by atoms with Crippen molar-refractivity contribution in [1.29, 1.82) is 0 Å². The van der Waals surface area contributed by atoms with E-state index in [1.165, 1.54) is 5.06 Å². The highest BCUT2D eigenvalue weighted by atomic mass is 35.5. The quantitative estimate of drug-likeness (QED) is 0.734. The van der Waals surface area contributed by atoms with Crippen molar-refractivity contribution < 1.29 is 19.2 Å². The van der Waals surface area contributed by atoms with Crippen molar-refractivity contribution in [3.05, 3.63) is 29.0 Å². The first kappa shape index (κ1) is 17.7. The lowest BCUT2D eigenvalue weighted by Gasteiger charge is -2.33. The lowest BCUT2D eigenvalue weighted by Crippen LogP contribution is -2.46. The minimum Gasteiger partial charge on any atom is -0.363 e. The molecule has 4 heterocycles. The number of hydrogen-bond donors (Lipinski definition) is 0. The van der Waals surface area contributed by atoms with Crippen LogP contribution in [0, 0.1) is 5.92 Å². The molecule has 0 spiro atoms. The normalized spacial score (nSPS) is 28.7. The number of hydrogen-bond acceptors (Lipinski definition) is 5. The van der Waals surface area contributed by atoms with E-state index in [-0.39, 0.29) is 17.9 Å². The second-order valence-corrected chi connectivity index (χ2v) is 7.41. The Balaban J connectivity index is 1.38. The first-order chi connectivity index (χ1) is 12.6. The number of fused-ring (bicyclic) bond motifs is 1. The molecule has 140 valence electrons. The third-order valence-corrected chi connectivity index (χ3v) is 5.51. The van der Waals surface area contributed by atoms with Gasteiger partial charge >= 0.3 is 0 Å². The Kier molecular flexibility index (Phi) is 5.11. The van der Waals surface area contributed by atoms with E-state index < -0.39 is 6.10 Å². The molecular formula is C18H22ClN3O4. The van der Waals surface area contributed by atoms with E-state index >= 15 is 0 Å². The van der Waals surface area contributed by atoms with Crippen molar-refractivity contribution in [1.82, 2.24) is 14.9 Å². The maximum Gasteiger partial charge on any atom is 0.275 e. The predicted octanol–water partition coefficient (Wildman–Crippen LogP) is 1.91. The zero-order chi connectivity index (χ0) is 18.1. The van der Waals surface area contributed by atoms with Gasteiger partial charge in [-0.05, 0) is 43.7 Å². The van der Waals surface area contributed by atoms with Crippen LogP contribution in [0.1, 0.15) is 36.2 Å². The van der Waals surface area contributed by atoms with E-state index in [1.54, 1.807) is 23.1 Å². The van der Waals surface area contributed by atoms with Gasteiger partial charge in [0.25, 0.3) is 11.8 Å². The van der Waals surface area contributed by atoms with Gasteiger partial charge in [0.2, 0.25) is 0 Å². The number of aromatic nitrogens is 1. The molecule has 0 aromatic carbocycles. The Labute approximate surface area is 157 Å². The van der Waals surface area contributed by atoms with Crippen LogP contribution in [0.2, 0.25) is 5.15 Å². The second-order valence-electron chi connectivity index (χ2n) is 7.03. The number of nitrogens with zero attached hydrogens (tertiary/aromatic N) is 3. The van der Waals surface area contributed by atoms with E-state index in [0.29, 0.717) is 49.4 Å². The number of amides is 2. The first-order valence-electron chi connectivity index (χ1n) is 9.13. The number of rotatable bonds is 2. The molecule has 3 atom stereocenters. The van der Waals surface area contributed by atoms with E-state index in [9.17, 15) is 9.59 Å². The molecule has 4 rings (SSSR count). The highest BCUT2D eigenvalue weighted by Crippen LogP contribution is 2.34. The summed E-state index contributed by atoms with van der Waals surface area (Å²) in [6, 6.07) is 5.02. The third-order valence-electron chi connectivity index (χ3n) is 5.30. The fourth-order valence-corrected chi connectivity index (χ4v) is 4.06.